The summed E-state index contributed by atoms with van der Waals surface area (Å²) >= 11 is 0. The Balaban J connectivity index is 3.06. The molecule has 0 aliphatic heterocycles. The second-order valence-electron chi connectivity index (χ2n) is 3.31. The van der Waals surface area contributed by atoms with E-state index < -0.39 is 11.4 Å². The van der Waals surface area contributed by atoms with Gasteiger partial charge in [0.2, 0.25) is 0 Å². The zero-order valence-corrected chi connectivity index (χ0v) is 8.23. The lowest BCUT2D eigenvalue weighted by Gasteiger charge is -2.23. The van der Waals surface area contributed by atoms with Crippen molar-refractivity contribution < 1.29 is 14.6 Å². The average molecular weight is 195 g/mol. The van der Waals surface area contributed by atoms with E-state index in [4.69, 9.17) is 9.84 Å². The summed E-state index contributed by atoms with van der Waals surface area (Å²) in [5.74, 6) is -0.910. The molecule has 0 bridgehead atoms. The highest BCUT2D eigenvalue weighted by molar-refractivity contribution is 5.80. The van der Waals surface area contributed by atoms with Gasteiger partial charge in [-0.15, -0.1) is 0 Å². The number of methoxy groups -OCH3 is 1. The van der Waals surface area contributed by atoms with Crippen LogP contribution >= 0.6 is 0 Å². The highest BCUT2D eigenvalue weighted by Gasteiger charge is 2.35. The second kappa shape index (κ2) is 4.19. The number of pyridine rings is 1. The van der Waals surface area contributed by atoms with Crippen molar-refractivity contribution in [1.29, 1.82) is 0 Å². The Morgan fingerprint density at radius 3 is 2.86 bits per heavy atom. The number of hydrogen-bond acceptors (Lipinski definition) is 3. The third kappa shape index (κ3) is 1.90. The number of carbonyl (C=O) groups is 1. The quantitative estimate of drug-likeness (QED) is 0.780. The number of rotatable bonds is 4. The van der Waals surface area contributed by atoms with Crippen LogP contribution in [0.5, 0.6) is 0 Å². The molecule has 1 aromatic rings. The van der Waals surface area contributed by atoms with Crippen molar-refractivity contribution in [2.45, 2.75) is 12.3 Å². The van der Waals surface area contributed by atoms with Crippen LogP contribution in [0, 0.1) is 0 Å². The van der Waals surface area contributed by atoms with Gasteiger partial charge in [-0.3, -0.25) is 9.78 Å². The van der Waals surface area contributed by atoms with E-state index in [1.165, 1.54) is 7.11 Å². The van der Waals surface area contributed by atoms with Gasteiger partial charge in [-0.05, 0) is 18.6 Å². The van der Waals surface area contributed by atoms with Crippen molar-refractivity contribution in [2.24, 2.45) is 0 Å². The maximum Gasteiger partial charge on any atom is 0.316 e. The van der Waals surface area contributed by atoms with Gasteiger partial charge in [-0.1, -0.05) is 6.07 Å². The zero-order valence-electron chi connectivity index (χ0n) is 8.23. The molecule has 0 radical (unpaired) electrons. The van der Waals surface area contributed by atoms with E-state index in [0.29, 0.717) is 5.56 Å². The van der Waals surface area contributed by atoms with E-state index in [1.807, 2.05) is 0 Å². The molecule has 1 heterocycles. The lowest BCUT2D eigenvalue weighted by molar-refractivity contribution is -0.145. The van der Waals surface area contributed by atoms with Crippen LogP contribution in [0.3, 0.4) is 0 Å². The fourth-order valence-corrected chi connectivity index (χ4v) is 1.25. The molecule has 1 N–H and O–H groups in total. The van der Waals surface area contributed by atoms with E-state index in [0.717, 1.165) is 0 Å². The van der Waals surface area contributed by atoms with Crippen molar-refractivity contribution in [3.05, 3.63) is 30.1 Å². The Labute approximate surface area is 82.5 Å². The number of hydrogen-bond donors (Lipinski definition) is 1. The largest absolute Gasteiger partial charge is 0.481 e. The Morgan fingerprint density at radius 2 is 2.43 bits per heavy atom. The smallest absolute Gasteiger partial charge is 0.316 e. The first kappa shape index (κ1) is 10.7. The maximum absolute atomic E-state index is 11.1. The average Bonchev–Trinajstić information content (AvgIpc) is 2.19. The van der Waals surface area contributed by atoms with Crippen LogP contribution in [-0.2, 0) is 14.9 Å². The normalized spacial score (nSPS) is 14.7. The van der Waals surface area contributed by atoms with Gasteiger partial charge in [0.15, 0.2) is 0 Å². The van der Waals surface area contributed by atoms with Crippen molar-refractivity contribution in [3.63, 3.8) is 0 Å². The molecule has 0 aromatic carbocycles. The molecule has 14 heavy (non-hydrogen) atoms. The summed E-state index contributed by atoms with van der Waals surface area (Å²) in [6.45, 7) is 1.75. The molecule has 1 atom stereocenters. The van der Waals surface area contributed by atoms with Gasteiger partial charge >= 0.3 is 5.97 Å². The summed E-state index contributed by atoms with van der Waals surface area (Å²) in [6.07, 6.45) is 3.16. The first-order valence-electron chi connectivity index (χ1n) is 4.24. The minimum Gasteiger partial charge on any atom is -0.481 e. The lowest BCUT2D eigenvalue weighted by Crippen LogP contribution is -2.37. The molecule has 1 aromatic heterocycles. The van der Waals surface area contributed by atoms with Gasteiger partial charge in [-0.2, -0.15) is 0 Å². The van der Waals surface area contributed by atoms with Crippen LogP contribution in [0.4, 0.5) is 0 Å². The molecule has 0 amide bonds. The van der Waals surface area contributed by atoms with E-state index >= 15 is 0 Å². The van der Waals surface area contributed by atoms with Gasteiger partial charge in [0.1, 0.15) is 5.41 Å². The van der Waals surface area contributed by atoms with Gasteiger partial charge in [-0.25, -0.2) is 0 Å². The predicted molar refractivity (Wildman–Crippen MR) is 51.1 cm³/mol. The molecule has 76 valence electrons. The number of aliphatic carboxylic acids is 1. The molecule has 0 saturated heterocycles. The molecule has 4 heteroatoms. The zero-order chi connectivity index (χ0) is 10.6. The van der Waals surface area contributed by atoms with E-state index in [-0.39, 0.29) is 6.61 Å². The summed E-state index contributed by atoms with van der Waals surface area (Å²) in [5.41, 5.74) is -0.377. The van der Waals surface area contributed by atoms with Crippen LogP contribution in [0.25, 0.3) is 0 Å². The molecule has 4 nitrogen and oxygen atoms in total. The highest BCUT2D eigenvalue weighted by Crippen LogP contribution is 2.23. The predicted octanol–water partition coefficient (Wildman–Crippen LogP) is 1.07. The molecule has 0 fully saturated rings. The first-order valence-corrected chi connectivity index (χ1v) is 4.24. The van der Waals surface area contributed by atoms with Crippen molar-refractivity contribution >= 4 is 5.97 Å². The van der Waals surface area contributed by atoms with Gasteiger partial charge in [0.05, 0.1) is 6.61 Å². The van der Waals surface area contributed by atoms with E-state index in [2.05, 4.69) is 4.98 Å². The van der Waals surface area contributed by atoms with Crippen LogP contribution in [0.1, 0.15) is 12.5 Å². The van der Waals surface area contributed by atoms with Gasteiger partial charge < -0.3 is 9.84 Å². The van der Waals surface area contributed by atoms with Gasteiger partial charge in [0.25, 0.3) is 0 Å². The minimum absolute atomic E-state index is 0.133. The second-order valence-corrected chi connectivity index (χ2v) is 3.31. The van der Waals surface area contributed by atoms with Crippen molar-refractivity contribution in [3.8, 4) is 0 Å². The molecule has 1 unspecified atom stereocenters. The number of ether oxygens (including phenoxy) is 1. The molecule has 0 aliphatic carbocycles. The summed E-state index contributed by atoms with van der Waals surface area (Å²) in [4.78, 5) is 15.0. The molecule has 0 saturated carbocycles. The van der Waals surface area contributed by atoms with Crippen molar-refractivity contribution in [1.82, 2.24) is 4.98 Å². The standard InChI is InChI=1S/C10H13NO3/c1-10(7-14-2,9(12)13)8-4-3-5-11-6-8/h3-6H,7H2,1-2H3,(H,12,13). The Morgan fingerprint density at radius 1 is 1.71 bits per heavy atom. The third-order valence-electron chi connectivity index (χ3n) is 2.20. The maximum atomic E-state index is 11.1. The number of nitrogens with zero attached hydrogens (tertiary/aromatic N) is 1. The summed E-state index contributed by atoms with van der Waals surface area (Å²) in [7, 11) is 1.48. The van der Waals surface area contributed by atoms with Crippen LogP contribution in [-0.4, -0.2) is 29.8 Å². The Hall–Kier alpha value is -1.42. The molecular weight excluding hydrogens is 182 g/mol. The van der Waals surface area contributed by atoms with Crippen LogP contribution in [0.2, 0.25) is 0 Å². The Kier molecular flexibility index (Phi) is 3.19. The number of carboxylic acids is 1. The first-order chi connectivity index (χ1) is 6.61. The lowest BCUT2D eigenvalue weighted by atomic mass is 9.84. The molecule has 1 rings (SSSR count). The minimum atomic E-state index is -1.02. The van der Waals surface area contributed by atoms with E-state index in [1.54, 1.807) is 31.5 Å². The molecular formula is C10H13NO3. The van der Waals surface area contributed by atoms with Gasteiger partial charge in [0, 0.05) is 19.5 Å². The summed E-state index contributed by atoms with van der Waals surface area (Å²) in [6, 6.07) is 3.45. The number of aromatic nitrogens is 1. The third-order valence-corrected chi connectivity index (χ3v) is 2.20. The molecule has 0 spiro atoms. The monoisotopic (exact) mass is 195 g/mol. The topological polar surface area (TPSA) is 59.4 Å². The summed E-state index contributed by atoms with van der Waals surface area (Å²) in [5, 5.41) is 9.11. The highest BCUT2D eigenvalue weighted by atomic mass is 16.5. The van der Waals surface area contributed by atoms with Crippen molar-refractivity contribution in [2.75, 3.05) is 13.7 Å². The SMILES string of the molecule is COCC(C)(C(=O)O)c1cccnc1. The number of carboxylic acid groups (broad SMARTS) is 1. The fourth-order valence-electron chi connectivity index (χ4n) is 1.25. The Bertz CT molecular complexity index is 312. The fraction of sp³-hybridized carbons (Fsp3) is 0.400. The van der Waals surface area contributed by atoms with E-state index in [9.17, 15) is 4.79 Å². The van der Waals surface area contributed by atoms with Crippen LogP contribution < -0.4 is 0 Å². The van der Waals surface area contributed by atoms with Crippen LogP contribution in [0.15, 0.2) is 24.5 Å². The molecule has 0 aliphatic rings. The summed E-state index contributed by atoms with van der Waals surface area (Å²) < 4.78 is 4.91.